The van der Waals surface area contributed by atoms with Crippen molar-refractivity contribution in [2.75, 3.05) is 5.75 Å². The van der Waals surface area contributed by atoms with Crippen molar-refractivity contribution in [1.82, 2.24) is 0 Å². The summed E-state index contributed by atoms with van der Waals surface area (Å²) in [6, 6.07) is 2.69. The minimum absolute atomic E-state index is 0.0519. The summed E-state index contributed by atoms with van der Waals surface area (Å²) in [4.78, 5) is 26.9. The minimum atomic E-state index is -4.04. The first-order chi connectivity index (χ1) is 9.23. The van der Waals surface area contributed by atoms with Gasteiger partial charge in [0, 0.05) is 10.5 Å². The number of guanidine groups is 1. The van der Waals surface area contributed by atoms with Gasteiger partial charge in [-0.15, -0.1) is 11.8 Å². The Labute approximate surface area is 119 Å². The van der Waals surface area contributed by atoms with Gasteiger partial charge in [0.25, 0.3) is 11.0 Å². The van der Waals surface area contributed by atoms with Gasteiger partial charge in [-0.3, -0.25) is 9.59 Å². The van der Waals surface area contributed by atoms with Gasteiger partial charge in [0.05, 0.1) is 10.6 Å². The zero-order valence-electron chi connectivity index (χ0n) is 10.4. The second-order valence-corrected chi connectivity index (χ2v) is 7.04. The molecule has 9 heteroatoms. The van der Waals surface area contributed by atoms with E-state index in [-0.39, 0.29) is 16.2 Å². The highest BCUT2D eigenvalue weighted by Gasteiger charge is 2.33. The van der Waals surface area contributed by atoms with E-state index in [9.17, 15) is 18.0 Å². The average Bonchev–Trinajstić information content (AvgIpc) is 2.32. The first-order valence-corrected chi connectivity index (χ1v) is 7.89. The van der Waals surface area contributed by atoms with Gasteiger partial charge in [0.1, 0.15) is 0 Å². The zero-order valence-corrected chi connectivity index (χ0v) is 12.0. The van der Waals surface area contributed by atoms with Crippen LogP contribution in [0.1, 0.15) is 15.9 Å². The number of fused-ring (bicyclic) bond motifs is 1. The Kier molecular flexibility index (Phi) is 3.57. The van der Waals surface area contributed by atoms with Crippen molar-refractivity contribution in [3.63, 3.8) is 0 Å². The first kappa shape index (κ1) is 14.5. The van der Waals surface area contributed by atoms with Crippen LogP contribution in [0.3, 0.4) is 0 Å². The quantitative estimate of drug-likeness (QED) is 0.542. The largest absolute Gasteiger partial charge is 0.370 e. The molecule has 4 N–H and O–H groups in total. The van der Waals surface area contributed by atoms with Crippen molar-refractivity contribution in [3.05, 3.63) is 23.3 Å². The molecule has 0 unspecified atom stereocenters. The first-order valence-electron chi connectivity index (χ1n) is 5.43. The predicted molar refractivity (Wildman–Crippen MR) is 74.2 cm³/mol. The molecule has 0 saturated heterocycles. The third-order valence-electron chi connectivity index (χ3n) is 2.69. The van der Waals surface area contributed by atoms with Crippen LogP contribution in [0.5, 0.6) is 0 Å². The molecule has 0 atom stereocenters. The number of sulfone groups is 1. The molecule has 0 fully saturated rings. The molecule has 0 saturated carbocycles. The Hall–Kier alpha value is -1.87. The van der Waals surface area contributed by atoms with E-state index in [1.807, 2.05) is 0 Å². The molecule has 0 radical (unpaired) electrons. The number of carbonyl (C=O) groups is 2. The summed E-state index contributed by atoms with van der Waals surface area (Å²) in [5, 5.41) is -0.876. The van der Waals surface area contributed by atoms with Crippen LogP contribution in [0.4, 0.5) is 0 Å². The molecule has 0 aromatic heterocycles. The third kappa shape index (κ3) is 2.41. The molecule has 1 amide bonds. The highest BCUT2D eigenvalue weighted by molar-refractivity contribution is 8.12. The molecule has 2 rings (SSSR count). The Morgan fingerprint density at radius 2 is 2.00 bits per heavy atom. The summed E-state index contributed by atoms with van der Waals surface area (Å²) >= 11 is 1.12. The lowest BCUT2D eigenvalue weighted by Gasteiger charge is -2.16. The van der Waals surface area contributed by atoms with Crippen molar-refractivity contribution >= 4 is 38.6 Å². The number of nitrogens with zero attached hydrogens (tertiary/aromatic N) is 1. The van der Waals surface area contributed by atoms with E-state index in [4.69, 9.17) is 11.5 Å². The van der Waals surface area contributed by atoms with Crippen molar-refractivity contribution in [3.8, 4) is 0 Å². The molecule has 1 aliphatic rings. The molecule has 1 aromatic carbocycles. The Morgan fingerprint density at radius 3 is 2.60 bits per heavy atom. The maximum Gasteiger partial charge on any atom is 0.280 e. The maximum absolute atomic E-state index is 12.0. The van der Waals surface area contributed by atoms with E-state index in [1.165, 1.54) is 0 Å². The van der Waals surface area contributed by atoms with E-state index >= 15 is 0 Å². The predicted octanol–water partition coefficient (Wildman–Crippen LogP) is -0.185. The fraction of sp³-hybridized carbons (Fsp3) is 0.182. The number of amides is 1. The maximum atomic E-state index is 12.0. The number of rotatable bonds is 1. The summed E-state index contributed by atoms with van der Waals surface area (Å²) in [5.74, 6) is -1.29. The molecular weight excluding hydrogens is 302 g/mol. The molecule has 0 spiro atoms. The molecule has 20 heavy (non-hydrogen) atoms. The lowest BCUT2D eigenvalue weighted by atomic mass is 10.1. The number of carbonyl (C=O) groups excluding carboxylic acids is 2. The Balaban J connectivity index is 2.65. The molecule has 1 aliphatic heterocycles. The minimum Gasteiger partial charge on any atom is -0.370 e. The smallest absolute Gasteiger partial charge is 0.280 e. The van der Waals surface area contributed by atoms with E-state index < -0.39 is 26.8 Å². The Bertz CT molecular complexity index is 749. The molecule has 7 nitrogen and oxygen atoms in total. The van der Waals surface area contributed by atoms with E-state index in [1.54, 1.807) is 13.0 Å². The number of hydrogen-bond acceptors (Lipinski definition) is 5. The summed E-state index contributed by atoms with van der Waals surface area (Å²) < 4.78 is 23.9. The van der Waals surface area contributed by atoms with E-state index in [2.05, 4.69) is 4.99 Å². The fourth-order valence-corrected chi connectivity index (χ4v) is 4.61. The van der Waals surface area contributed by atoms with Gasteiger partial charge in [-0.05, 0) is 24.6 Å². The van der Waals surface area contributed by atoms with Crippen molar-refractivity contribution < 1.29 is 18.0 Å². The van der Waals surface area contributed by atoms with E-state index in [0.29, 0.717) is 10.5 Å². The lowest BCUT2D eigenvalue weighted by Crippen LogP contribution is -2.25. The molecule has 0 aliphatic carbocycles. The van der Waals surface area contributed by atoms with Crippen molar-refractivity contribution in [1.29, 1.82) is 0 Å². The number of nitrogens with two attached hydrogens (primary N) is 2. The number of aliphatic imine (C=N–C) groups is 1. The highest BCUT2D eigenvalue weighted by atomic mass is 32.2. The molecular formula is C11H11N3O4S2. The second kappa shape index (κ2) is 4.91. The number of benzene rings is 1. The van der Waals surface area contributed by atoms with Gasteiger partial charge < -0.3 is 11.5 Å². The number of hydrogen-bond donors (Lipinski definition) is 2. The van der Waals surface area contributed by atoms with Crippen molar-refractivity contribution in [2.24, 2.45) is 16.5 Å². The summed E-state index contributed by atoms with van der Waals surface area (Å²) in [6.07, 6.45) is 0. The van der Waals surface area contributed by atoms with Crippen LogP contribution < -0.4 is 11.5 Å². The van der Waals surface area contributed by atoms with Gasteiger partial charge in [-0.2, -0.15) is 4.99 Å². The number of thioether (sulfide) groups is 1. The van der Waals surface area contributed by atoms with Crippen LogP contribution in [-0.2, 0) is 14.6 Å². The molecule has 1 heterocycles. The molecule has 106 valence electrons. The van der Waals surface area contributed by atoms with Gasteiger partial charge >= 0.3 is 0 Å². The average molecular weight is 313 g/mol. The van der Waals surface area contributed by atoms with E-state index in [0.717, 1.165) is 17.8 Å². The van der Waals surface area contributed by atoms with Crippen LogP contribution in [0, 0.1) is 6.92 Å². The third-order valence-corrected chi connectivity index (χ3v) is 5.71. The van der Waals surface area contributed by atoms with Gasteiger partial charge in [0.15, 0.2) is 5.96 Å². The van der Waals surface area contributed by atoms with Crippen molar-refractivity contribution in [2.45, 2.75) is 16.7 Å². The standard InChI is InChI=1S/C11H11N3O4S2/c1-5-2-7-8(20(17,18)9(15)4-19-7)3-6(5)10(16)14-11(12)13/h2-3H,4H2,1H3,(H4,12,13,14,16). The van der Waals surface area contributed by atoms with Crippen LogP contribution >= 0.6 is 11.8 Å². The topological polar surface area (TPSA) is 133 Å². The summed E-state index contributed by atoms with van der Waals surface area (Å²) in [6.45, 7) is 1.64. The SMILES string of the molecule is Cc1cc2c(cc1C(=O)N=C(N)N)S(=O)(=O)C(=O)CS2. The molecule has 0 bridgehead atoms. The van der Waals surface area contributed by atoms with Crippen LogP contribution in [0.2, 0.25) is 0 Å². The van der Waals surface area contributed by atoms with Crippen LogP contribution in [0.15, 0.2) is 26.9 Å². The Morgan fingerprint density at radius 1 is 1.35 bits per heavy atom. The zero-order chi connectivity index (χ0) is 15.1. The monoisotopic (exact) mass is 313 g/mol. The van der Waals surface area contributed by atoms with Gasteiger partial charge in [-0.25, -0.2) is 8.42 Å². The van der Waals surface area contributed by atoms with Crippen LogP contribution in [0.25, 0.3) is 0 Å². The normalized spacial score (nSPS) is 16.4. The van der Waals surface area contributed by atoms with Crippen LogP contribution in [-0.4, -0.2) is 31.2 Å². The molecule has 1 aromatic rings. The second-order valence-electron chi connectivity index (χ2n) is 4.12. The lowest BCUT2D eigenvalue weighted by molar-refractivity contribution is -0.109. The summed E-state index contributed by atoms with van der Waals surface area (Å²) in [5.41, 5.74) is 10.8. The number of aryl methyl sites for hydroxylation is 1. The summed E-state index contributed by atoms with van der Waals surface area (Å²) in [7, 11) is -4.04. The fourth-order valence-electron chi connectivity index (χ4n) is 1.73. The van der Waals surface area contributed by atoms with Gasteiger partial charge in [0.2, 0.25) is 9.84 Å². The highest BCUT2D eigenvalue weighted by Crippen LogP contribution is 2.35. The van der Waals surface area contributed by atoms with Gasteiger partial charge in [-0.1, -0.05) is 0 Å².